The van der Waals surface area contributed by atoms with Crippen LogP contribution in [0.2, 0.25) is 0 Å². The first-order chi connectivity index (χ1) is 6.52. The molecule has 0 bridgehead atoms. The van der Waals surface area contributed by atoms with Crippen molar-refractivity contribution >= 4 is 5.97 Å². The Morgan fingerprint density at radius 2 is 1.79 bits per heavy atom. The molecule has 0 aliphatic rings. The third kappa shape index (κ3) is 2.28. The van der Waals surface area contributed by atoms with Gasteiger partial charge in [0, 0.05) is 5.92 Å². The normalized spacial score (nSPS) is 12.8. The van der Waals surface area contributed by atoms with E-state index in [9.17, 15) is 4.79 Å². The van der Waals surface area contributed by atoms with E-state index < -0.39 is 5.97 Å². The summed E-state index contributed by atoms with van der Waals surface area (Å²) in [5.74, 6) is -0.203. The van der Waals surface area contributed by atoms with Gasteiger partial charge in [-0.1, -0.05) is 26.0 Å². The Kier molecular flexibility index (Phi) is 3.18. The van der Waals surface area contributed by atoms with Crippen molar-refractivity contribution in [3.63, 3.8) is 0 Å². The zero-order valence-electron chi connectivity index (χ0n) is 8.53. The number of carbonyl (C=O) groups is 1. The van der Waals surface area contributed by atoms with Gasteiger partial charge in [-0.3, -0.25) is 0 Å². The smallest absolute Gasteiger partial charge is 0.335 e. The summed E-state index contributed by atoms with van der Waals surface area (Å²) < 4.78 is 0. The number of benzene rings is 1. The van der Waals surface area contributed by atoms with Crippen LogP contribution in [0.3, 0.4) is 0 Å². The van der Waals surface area contributed by atoms with Crippen LogP contribution in [0.4, 0.5) is 0 Å². The molecule has 2 nitrogen and oxygen atoms in total. The van der Waals surface area contributed by atoms with Crippen molar-refractivity contribution in [2.75, 3.05) is 0 Å². The van der Waals surface area contributed by atoms with E-state index >= 15 is 0 Å². The van der Waals surface area contributed by atoms with E-state index in [0.29, 0.717) is 11.5 Å². The third-order valence-corrected chi connectivity index (χ3v) is 2.39. The van der Waals surface area contributed by atoms with Crippen LogP contribution >= 0.6 is 0 Å². The predicted molar refractivity (Wildman–Crippen MR) is 56.3 cm³/mol. The highest BCUT2D eigenvalue weighted by Gasteiger charge is 2.16. The number of rotatable bonds is 3. The van der Waals surface area contributed by atoms with Crippen LogP contribution in [-0.4, -0.2) is 11.1 Å². The molecule has 2 heteroatoms. The monoisotopic (exact) mass is 191 g/mol. The molecule has 1 rings (SSSR count). The molecular weight excluding hydrogens is 176 g/mol. The molecule has 1 aromatic rings. The van der Waals surface area contributed by atoms with Crippen LogP contribution < -0.4 is 0 Å². The molecule has 0 saturated heterocycles. The molecular formula is C12H15O2+. The van der Waals surface area contributed by atoms with Crippen molar-refractivity contribution in [1.29, 1.82) is 0 Å². The number of carboxylic acid groups (broad SMARTS) is 1. The minimum atomic E-state index is -0.887. The minimum absolute atomic E-state index is 0.220. The van der Waals surface area contributed by atoms with Gasteiger partial charge in [0.15, 0.2) is 0 Å². The fourth-order valence-corrected chi connectivity index (χ4v) is 1.26. The minimum Gasteiger partial charge on any atom is -0.478 e. The zero-order valence-corrected chi connectivity index (χ0v) is 8.53. The van der Waals surface area contributed by atoms with Gasteiger partial charge in [-0.15, -0.1) is 0 Å². The second-order valence-electron chi connectivity index (χ2n) is 3.78. The molecule has 0 aromatic heterocycles. The molecule has 0 spiro atoms. The first-order valence-electron chi connectivity index (χ1n) is 4.68. The van der Waals surface area contributed by atoms with E-state index in [1.807, 2.05) is 12.1 Å². The average molecular weight is 191 g/mol. The molecule has 1 aromatic carbocycles. The highest BCUT2D eigenvalue weighted by atomic mass is 16.4. The lowest BCUT2D eigenvalue weighted by molar-refractivity contribution is 0.0697. The molecule has 0 heterocycles. The molecule has 1 unspecified atom stereocenters. The van der Waals surface area contributed by atoms with Gasteiger partial charge in [-0.25, -0.2) is 4.79 Å². The quantitative estimate of drug-likeness (QED) is 0.746. The lowest BCUT2D eigenvalue weighted by Crippen LogP contribution is -2.03. The fraction of sp³-hybridized carbons (Fsp3) is 0.333. The van der Waals surface area contributed by atoms with Crippen molar-refractivity contribution in [3.05, 3.63) is 42.3 Å². The van der Waals surface area contributed by atoms with E-state index in [0.717, 1.165) is 5.56 Å². The summed E-state index contributed by atoms with van der Waals surface area (Å²) in [7, 11) is 0. The highest BCUT2D eigenvalue weighted by molar-refractivity contribution is 5.87. The van der Waals surface area contributed by atoms with Gasteiger partial charge in [0.2, 0.25) is 0 Å². The molecule has 0 fully saturated rings. The SMILES string of the molecule is [CH2+]C(c1ccc(C(=O)O)cc1)C(C)C. The van der Waals surface area contributed by atoms with E-state index in [2.05, 4.69) is 20.8 Å². The van der Waals surface area contributed by atoms with Crippen molar-refractivity contribution in [1.82, 2.24) is 0 Å². The Labute approximate surface area is 84.6 Å². The first-order valence-corrected chi connectivity index (χ1v) is 4.68. The second-order valence-corrected chi connectivity index (χ2v) is 3.78. The van der Waals surface area contributed by atoms with Crippen molar-refractivity contribution < 1.29 is 9.90 Å². The van der Waals surface area contributed by atoms with E-state index in [-0.39, 0.29) is 5.92 Å². The topological polar surface area (TPSA) is 37.3 Å². The van der Waals surface area contributed by atoms with Gasteiger partial charge in [0.1, 0.15) is 5.92 Å². The van der Waals surface area contributed by atoms with Crippen LogP contribution in [0, 0.1) is 12.8 Å². The molecule has 0 radical (unpaired) electrons. The van der Waals surface area contributed by atoms with Crippen LogP contribution in [0.5, 0.6) is 0 Å². The Balaban J connectivity index is 2.88. The van der Waals surface area contributed by atoms with Gasteiger partial charge >= 0.3 is 5.97 Å². The maximum Gasteiger partial charge on any atom is 0.335 e. The molecule has 0 amide bonds. The zero-order chi connectivity index (χ0) is 10.7. The van der Waals surface area contributed by atoms with Gasteiger partial charge in [-0.05, 0) is 17.7 Å². The molecule has 74 valence electrons. The summed E-state index contributed by atoms with van der Waals surface area (Å²) in [6, 6.07) is 6.92. The van der Waals surface area contributed by atoms with Gasteiger partial charge < -0.3 is 5.11 Å². The summed E-state index contributed by atoms with van der Waals surface area (Å²) in [6.07, 6.45) is 0. The number of carboxylic acids is 1. The molecule has 1 atom stereocenters. The summed E-state index contributed by atoms with van der Waals surface area (Å²) >= 11 is 0. The molecule has 1 N–H and O–H groups in total. The van der Waals surface area contributed by atoms with Crippen LogP contribution in [0.15, 0.2) is 24.3 Å². The van der Waals surface area contributed by atoms with Crippen LogP contribution in [0.1, 0.15) is 35.7 Å². The van der Waals surface area contributed by atoms with Gasteiger partial charge in [0.25, 0.3) is 0 Å². The number of hydrogen-bond acceptors (Lipinski definition) is 1. The van der Waals surface area contributed by atoms with E-state index in [4.69, 9.17) is 5.11 Å². The summed E-state index contributed by atoms with van der Waals surface area (Å²) in [5, 5.41) is 8.71. The Hall–Kier alpha value is -1.44. The Morgan fingerprint density at radius 3 is 2.14 bits per heavy atom. The fourth-order valence-electron chi connectivity index (χ4n) is 1.26. The average Bonchev–Trinajstić information content (AvgIpc) is 2.16. The molecule has 0 aliphatic heterocycles. The second kappa shape index (κ2) is 4.18. The van der Waals surface area contributed by atoms with Gasteiger partial charge in [0.05, 0.1) is 12.5 Å². The van der Waals surface area contributed by atoms with E-state index in [1.54, 1.807) is 12.1 Å². The highest BCUT2D eigenvalue weighted by Crippen LogP contribution is 2.23. The summed E-state index contributed by atoms with van der Waals surface area (Å²) in [4.78, 5) is 10.6. The van der Waals surface area contributed by atoms with Crippen molar-refractivity contribution in [2.24, 2.45) is 5.92 Å². The molecule has 0 saturated carbocycles. The number of hydrogen-bond donors (Lipinski definition) is 1. The van der Waals surface area contributed by atoms with Crippen LogP contribution in [0.25, 0.3) is 0 Å². The molecule has 14 heavy (non-hydrogen) atoms. The largest absolute Gasteiger partial charge is 0.478 e. The van der Waals surface area contributed by atoms with E-state index in [1.165, 1.54) is 0 Å². The maximum atomic E-state index is 10.6. The summed E-state index contributed by atoms with van der Waals surface area (Å²) in [6.45, 7) is 8.23. The Morgan fingerprint density at radius 1 is 1.29 bits per heavy atom. The van der Waals surface area contributed by atoms with Gasteiger partial charge in [-0.2, -0.15) is 0 Å². The predicted octanol–water partition coefficient (Wildman–Crippen LogP) is 2.96. The third-order valence-electron chi connectivity index (χ3n) is 2.39. The lowest BCUT2D eigenvalue weighted by atomic mass is 9.90. The first kappa shape index (κ1) is 10.6. The summed E-state index contributed by atoms with van der Waals surface area (Å²) in [5.41, 5.74) is 1.41. The number of aromatic carboxylic acids is 1. The van der Waals surface area contributed by atoms with Crippen molar-refractivity contribution in [3.8, 4) is 0 Å². The standard InChI is InChI=1S/C12H14O2/c1-8(2)9(3)10-4-6-11(7-5-10)12(13)14/h4-9H,3H2,1-2H3/p+1. The molecule has 0 aliphatic carbocycles. The van der Waals surface area contributed by atoms with Crippen molar-refractivity contribution in [2.45, 2.75) is 19.8 Å². The van der Waals surface area contributed by atoms with Crippen LogP contribution in [-0.2, 0) is 0 Å². The maximum absolute atomic E-state index is 10.6. The Bertz CT molecular complexity index is 312. The lowest BCUT2D eigenvalue weighted by Gasteiger charge is -2.09.